The number of aromatic nitrogens is 3. The third-order valence-corrected chi connectivity index (χ3v) is 6.76. The molecule has 1 atom stereocenters. The van der Waals surface area contributed by atoms with Gasteiger partial charge in [0.2, 0.25) is 10.0 Å². The van der Waals surface area contributed by atoms with E-state index in [9.17, 15) is 8.42 Å². The molecule has 136 valence electrons. The van der Waals surface area contributed by atoms with Gasteiger partial charge in [-0.25, -0.2) is 18.4 Å². The average Bonchev–Trinajstić information content (AvgIpc) is 3.29. The Morgan fingerprint density at radius 1 is 1.15 bits per heavy atom. The first kappa shape index (κ1) is 17.2. The van der Waals surface area contributed by atoms with Crippen LogP contribution >= 0.6 is 0 Å². The van der Waals surface area contributed by atoms with Gasteiger partial charge in [-0.15, -0.1) is 0 Å². The molecule has 1 aliphatic heterocycles. The van der Waals surface area contributed by atoms with Crippen LogP contribution in [0.25, 0.3) is 11.2 Å². The topological polar surface area (TPSA) is 68.1 Å². The maximum Gasteiger partial charge on any atom is 0.243 e. The fourth-order valence-electron chi connectivity index (χ4n) is 3.63. The van der Waals surface area contributed by atoms with E-state index in [0.29, 0.717) is 18.0 Å². The molecule has 0 unspecified atom stereocenters. The van der Waals surface area contributed by atoms with E-state index in [1.165, 1.54) is 0 Å². The molecule has 1 aliphatic rings. The minimum absolute atomic E-state index is 0.0919. The van der Waals surface area contributed by atoms with Crippen LogP contribution in [0.5, 0.6) is 0 Å². The Kier molecular flexibility index (Phi) is 4.50. The molecule has 0 radical (unpaired) electrons. The van der Waals surface area contributed by atoms with Gasteiger partial charge in [0.15, 0.2) is 5.65 Å². The van der Waals surface area contributed by atoms with Crippen LogP contribution < -0.4 is 0 Å². The van der Waals surface area contributed by atoms with Gasteiger partial charge in [-0.2, -0.15) is 4.31 Å². The number of pyridine rings is 1. The summed E-state index contributed by atoms with van der Waals surface area (Å²) in [5.41, 5.74) is 1.76. The molecule has 0 N–H and O–H groups in total. The number of fused-ring (bicyclic) bond motifs is 1. The van der Waals surface area contributed by atoms with Crippen molar-refractivity contribution in [2.24, 2.45) is 0 Å². The molecule has 1 aromatic carbocycles. The zero-order valence-corrected chi connectivity index (χ0v) is 15.6. The van der Waals surface area contributed by atoms with Crippen molar-refractivity contribution in [2.75, 3.05) is 13.1 Å². The highest BCUT2D eigenvalue weighted by Crippen LogP contribution is 2.32. The fraction of sp³-hybridized carbons (Fsp3) is 0.368. The molecule has 1 fully saturated rings. The van der Waals surface area contributed by atoms with E-state index in [1.807, 2.05) is 18.2 Å². The molecule has 4 rings (SSSR count). The molecule has 1 saturated heterocycles. The Bertz CT molecular complexity index is 1010. The number of sulfonamides is 1. The summed E-state index contributed by atoms with van der Waals surface area (Å²) in [7, 11) is -3.45. The molecule has 2 aromatic heterocycles. The summed E-state index contributed by atoms with van der Waals surface area (Å²) >= 11 is 0. The van der Waals surface area contributed by atoms with E-state index >= 15 is 0 Å². The third kappa shape index (κ3) is 2.91. The van der Waals surface area contributed by atoms with Gasteiger partial charge in [-0.1, -0.05) is 25.1 Å². The molecular formula is C19H22N4O2S. The number of benzene rings is 1. The van der Waals surface area contributed by atoms with Crippen LogP contribution in [-0.4, -0.2) is 40.3 Å². The SMILES string of the molecule is CCCn1c([C@@H]2CCN(S(=O)(=O)c3ccccc3)C2)nc2cccnc21. The minimum Gasteiger partial charge on any atom is -0.312 e. The van der Waals surface area contributed by atoms with Crippen molar-refractivity contribution in [2.45, 2.75) is 37.1 Å². The molecule has 7 heteroatoms. The molecular weight excluding hydrogens is 348 g/mol. The number of hydrogen-bond acceptors (Lipinski definition) is 4. The Hall–Kier alpha value is -2.25. The number of hydrogen-bond donors (Lipinski definition) is 0. The van der Waals surface area contributed by atoms with E-state index in [2.05, 4.69) is 16.5 Å². The third-order valence-electron chi connectivity index (χ3n) is 4.88. The lowest BCUT2D eigenvalue weighted by Crippen LogP contribution is -2.29. The van der Waals surface area contributed by atoms with Crippen molar-refractivity contribution in [3.8, 4) is 0 Å². The van der Waals surface area contributed by atoms with Gasteiger partial charge in [0.1, 0.15) is 11.3 Å². The molecule has 0 spiro atoms. The molecule has 3 aromatic rings. The number of imidazole rings is 1. The predicted molar refractivity (Wildman–Crippen MR) is 100 cm³/mol. The van der Waals surface area contributed by atoms with Gasteiger partial charge >= 0.3 is 0 Å². The van der Waals surface area contributed by atoms with Crippen LogP contribution in [0.4, 0.5) is 0 Å². The van der Waals surface area contributed by atoms with E-state index in [-0.39, 0.29) is 5.92 Å². The lowest BCUT2D eigenvalue weighted by atomic mass is 10.1. The largest absolute Gasteiger partial charge is 0.312 e. The van der Waals surface area contributed by atoms with Crippen LogP contribution in [-0.2, 0) is 16.6 Å². The summed E-state index contributed by atoms with van der Waals surface area (Å²) in [6, 6.07) is 12.5. The summed E-state index contributed by atoms with van der Waals surface area (Å²) < 4.78 is 29.5. The van der Waals surface area contributed by atoms with Gasteiger partial charge in [0.05, 0.1) is 4.90 Å². The monoisotopic (exact) mass is 370 g/mol. The van der Waals surface area contributed by atoms with E-state index in [0.717, 1.165) is 36.4 Å². The highest BCUT2D eigenvalue weighted by atomic mass is 32.2. The molecule has 6 nitrogen and oxygen atoms in total. The Morgan fingerprint density at radius 3 is 2.73 bits per heavy atom. The van der Waals surface area contributed by atoms with Gasteiger partial charge < -0.3 is 4.57 Å². The lowest BCUT2D eigenvalue weighted by Gasteiger charge is -2.17. The highest BCUT2D eigenvalue weighted by Gasteiger charge is 2.35. The van der Waals surface area contributed by atoms with Gasteiger partial charge in [-0.05, 0) is 37.1 Å². The molecule has 0 amide bonds. The molecule has 0 bridgehead atoms. The highest BCUT2D eigenvalue weighted by molar-refractivity contribution is 7.89. The smallest absolute Gasteiger partial charge is 0.243 e. The maximum atomic E-state index is 12.9. The zero-order chi connectivity index (χ0) is 18.1. The minimum atomic E-state index is -3.45. The van der Waals surface area contributed by atoms with Crippen LogP contribution in [0.3, 0.4) is 0 Å². The number of rotatable bonds is 5. The van der Waals surface area contributed by atoms with Crippen molar-refractivity contribution < 1.29 is 8.42 Å². The molecule has 26 heavy (non-hydrogen) atoms. The molecule has 0 saturated carbocycles. The normalized spacial score (nSPS) is 18.6. The Labute approximate surface area is 153 Å². The van der Waals surface area contributed by atoms with Crippen molar-refractivity contribution in [1.82, 2.24) is 18.8 Å². The zero-order valence-electron chi connectivity index (χ0n) is 14.7. The first-order valence-corrected chi connectivity index (χ1v) is 10.4. The van der Waals surface area contributed by atoms with Gasteiger partial charge in [0.25, 0.3) is 0 Å². The number of nitrogens with zero attached hydrogens (tertiary/aromatic N) is 4. The lowest BCUT2D eigenvalue weighted by molar-refractivity contribution is 0.468. The quantitative estimate of drug-likeness (QED) is 0.692. The average molecular weight is 370 g/mol. The van der Waals surface area contributed by atoms with Gasteiger partial charge in [-0.3, -0.25) is 0 Å². The summed E-state index contributed by atoms with van der Waals surface area (Å²) in [6.07, 6.45) is 3.54. The van der Waals surface area contributed by atoms with E-state index in [1.54, 1.807) is 34.8 Å². The molecule has 3 heterocycles. The van der Waals surface area contributed by atoms with Crippen molar-refractivity contribution in [3.63, 3.8) is 0 Å². The van der Waals surface area contributed by atoms with Crippen LogP contribution in [0.2, 0.25) is 0 Å². The van der Waals surface area contributed by atoms with Crippen molar-refractivity contribution in [3.05, 3.63) is 54.5 Å². The maximum absolute atomic E-state index is 12.9. The summed E-state index contributed by atoms with van der Waals surface area (Å²) in [5, 5.41) is 0. The first-order valence-electron chi connectivity index (χ1n) is 8.97. The first-order chi connectivity index (χ1) is 12.6. The summed E-state index contributed by atoms with van der Waals surface area (Å²) in [5.74, 6) is 1.04. The second kappa shape index (κ2) is 6.81. The second-order valence-electron chi connectivity index (χ2n) is 6.63. The summed E-state index contributed by atoms with van der Waals surface area (Å²) in [6.45, 7) is 3.94. The van der Waals surface area contributed by atoms with E-state index < -0.39 is 10.0 Å². The van der Waals surface area contributed by atoms with Crippen LogP contribution in [0.15, 0.2) is 53.6 Å². The number of aryl methyl sites for hydroxylation is 1. The summed E-state index contributed by atoms with van der Waals surface area (Å²) in [4.78, 5) is 9.61. The van der Waals surface area contributed by atoms with Crippen LogP contribution in [0, 0.1) is 0 Å². The Balaban J connectivity index is 1.65. The van der Waals surface area contributed by atoms with Crippen LogP contribution in [0.1, 0.15) is 31.5 Å². The second-order valence-corrected chi connectivity index (χ2v) is 8.57. The van der Waals surface area contributed by atoms with Crippen molar-refractivity contribution >= 4 is 21.2 Å². The van der Waals surface area contributed by atoms with Crippen molar-refractivity contribution in [1.29, 1.82) is 0 Å². The van der Waals surface area contributed by atoms with Gasteiger partial charge in [0, 0.05) is 31.7 Å². The standard InChI is InChI=1S/C19H22N4O2S/c1-2-12-23-18(21-17-9-6-11-20-19(17)23)15-10-13-22(14-15)26(24,25)16-7-4-3-5-8-16/h3-9,11,15H,2,10,12-14H2,1H3/t15-/m1/s1. The van der Waals surface area contributed by atoms with E-state index in [4.69, 9.17) is 4.98 Å². The fourth-order valence-corrected chi connectivity index (χ4v) is 5.15. The predicted octanol–water partition coefficient (Wildman–Crippen LogP) is 3.02. The Morgan fingerprint density at radius 2 is 1.96 bits per heavy atom. The molecule has 0 aliphatic carbocycles.